The molecule has 114 valence electrons. The summed E-state index contributed by atoms with van der Waals surface area (Å²) in [6.07, 6.45) is -4.70. The van der Waals surface area contributed by atoms with Gasteiger partial charge in [0, 0.05) is 0 Å². The lowest BCUT2D eigenvalue weighted by atomic mass is 10.1. The third kappa shape index (κ3) is 2.79. The molecule has 0 bridgehead atoms. The van der Waals surface area contributed by atoms with E-state index in [9.17, 15) is 22.8 Å². The van der Waals surface area contributed by atoms with Crippen LogP contribution >= 0.6 is 0 Å². The van der Waals surface area contributed by atoms with Crippen molar-refractivity contribution in [3.8, 4) is 5.75 Å². The lowest BCUT2D eigenvalue weighted by Gasteiger charge is -2.22. The molecule has 0 saturated carbocycles. The average molecular weight is 303 g/mol. The molecule has 0 aliphatic carbocycles. The summed E-state index contributed by atoms with van der Waals surface area (Å²) in [4.78, 5) is 22.7. The fraction of sp³-hybridized carbons (Fsp3) is 0.385. The van der Waals surface area contributed by atoms with Gasteiger partial charge < -0.3 is 14.5 Å². The highest BCUT2D eigenvalue weighted by molar-refractivity contribution is 5.62. The number of aryl methyl sites for hydroxylation is 1. The molecule has 2 rings (SSSR count). The molecule has 0 spiro atoms. The summed E-state index contributed by atoms with van der Waals surface area (Å²) in [6, 6.07) is 0.307. The number of hydrogen-bond donors (Lipinski definition) is 1. The monoisotopic (exact) mass is 303 g/mol. The van der Waals surface area contributed by atoms with Gasteiger partial charge in [-0.1, -0.05) is 0 Å². The van der Waals surface area contributed by atoms with Crippen molar-refractivity contribution in [3.63, 3.8) is 0 Å². The first kappa shape index (κ1) is 15.1. The topological polar surface area (TPSA) is 68.5 Å². The summed E-state index contributed by atoms with van der Waals surface area (Å²) in [5.74, 6) is -0.466. The van der Waals surface area contributed by atoms with Gasteiger partial charge in [-0.25, -0.2) is 0 Å². The van der Waals surface area contributed by atoms with Gasteiger partial charge in [0.25, 0.3) is 10.9 Å². The summed E-state index contributed by atoms with van der Waals surface area (Å²) >= 11 is 0. The van der Waals surface area contributed by atoms with Gasteiger partial charge in [-0.3, -0.25) is 9.59 Å². The van der Waals surface area contributed by atoms with Gasteiger partial charge in [0.2, 0.25) is 0 Å². The fourth-order valence-electron chi connectivity index (χ4n) is 1.85. The maximum absolute atomic E-state index is 13.1. The number of ether oxygens (including phenoxy) is 1. The molecule has 5 nitrogen and oxygen atoms in total. The Hall–Kier alpha value is -2.25. The molecule has 0 unspecified atom stereocenters. The molecule has 0 aliphatic heterocycles. The Morgan fingerprint density at radius 2 is 1.95 bits per heavy atom. The molecule has 0 saturated heterocycles. The van der Waals surface area contributed by atoms with Crippen LogP contribution in [-0.2, 0) is 0 Å². The first-order chi connectivity index (χ1) is 9.75. The minimum atomic E-state index is -4.70. The van der Waals surface area contributed by atoms with Gasteiger partial charge in [0.1, 0.15) is 17.2 Å². The van der Waals surface area contributed by atoms with E-state index in [0.717, 1.165) is 6.07 Å². The summed E-state index contributed by atoms with van der Waals surface area (Å²) in [6.45, 7) is 3.12. The van der Waals surface area contributed by atoms with Gasteiger partial charge in [0.15, 0.2) is 11.8 Å². The van der Waals surface area contributed by atoms with Crippen LogP contribution < -0.4 is 20.9 Å². The largest absolute Gasteiger partial charge is 0.488 e. The van der Waals surface area contributed by atoms with Gasteiger partial charge in [-0.2, -0.15) is 13.2 Å². The van der Waals surface area contributed by atoms with E-state index >= 15 is 0 Å². The molecule has 1 N–H and O–H groups in total. The van der Waals surface area contributed by atoms with Crippen LogP contribution in [0.25, 0.3) is 0 Å². The highest BCUT2D eigenvalue weighted by Gasteiger charge is 2.44. The van der Waals surface area contributed by atoms with Crippen LogP contribution in [0.5, 0.6) is 5.75 Å². The molecule has 21 heavy (non-hydrogen) atoms. The van der Waals surface area contributed by atoms with Crippen molar-refractivity contribution in [1.29, 1.82) is 0 Å². The number of halogens is 3. The molecule has 1 heterocycles. The molecular weight excluding hydrogens is 291 g/mol. The van der Waals surface area contributed by atoms with E-state index in [1.165, 1.54) is 13.0 Å². The van der Waals surface area contributed by atoms with Crippen molar-refractivity contribution in [2.24, 2.45) is 0 Å². The third-order valence-electron chi connectivity index (χ3n) is 2.82. The lowest BCUT2D eigenvalue weighted by molar-refractivity contribution is -0.147. The predicted molar refractivity (Wildman–Crippen MR) is 68.4 cm³/mol. The van der Waals surface area contributed by atoms with Crippen LogP contribution in [0, 0.1) is 6.92 Å². The Kier molecular flexibility index (Phi) is 3.80. The Morgan fingerprint density at radius 3 is 2.43 bits per heavy atom. The second kappa shape index (κ2) is 5.27. The summed E-state index contributed by atoms with van der Waals surface area (Å²) in [7, 11) is 0. The molecular formula is C13H12F3NO4. The highest BCUT2D eigenvalue weighted by atomic mass is 19.4. The molecule has 1 atom stereocenters. The lowest BCUT2D eigenvalue weighted by Crippen LogP contribution is -2.39. The van der Waals surface area contributed by atoms with Gasteiger partial charge >= 0.3 is 6.18 Å². The first-order valence-electron chi connectivity index (χ1n) is 6.11. The minimum Gasteiger partial charge on any atom is -0.488 e. The maximum Gasteiger partial charge on any atom is 0.415 e. The Labute approximate surface area is 117 Å². The first-order valence-corrected chi connectivity index (χ1v) is 6.11. The predicted octanol–water partition coefficient (Wildman–Crippen LogP) is 2.30. The van der Waals surface area contributed by atoms with Crippen LogP contribution in [0.2, 0.25) is 0 Å². The maximum atomic E-state index is 13.1. The van der Waals surface area contributed by atoms with Crippen molar-refractivity contribution in [1.82, 2.24) is 0 Å². The summed E-state index contributed by atoms with van der Waals surface area (Å²) < 4.78 is 49.1. The number of furan rings is 1. The standard InChI is InChI=1S/C13H12F3NO4/c1-3-20-11-8(9(18)10(11)19)17-12(13(14,15)16)7-5-4-6(2)21-7/h4-5,12,17H,3H2,1-2H3/t12-/m0/s1. The molecule has 1 aromatic heterocycles. The van der Waals surface area contributed by atoms with E-state index in [1.54, 1.807) is 6.92 Å². The van der Waals surface area contributed by atoms with E-state index < -0.39 is 34.5 Å². The number of rotatable bonds is 5. The zero-order valence-electron chi connectivity index (χ0n) is 11.2. The molecule has 0 amide bonds. The third-order valence-corrected chi connectivity index (χ3v) is 2.82. The number of hydrogen-bond acceptors (Lipinski definition) is 5. The molecule has 2 aromatic rings. The molecule has 0 fully saturated rings. The second-order valence-electron chi connectivity index (χ2n) is 4.36. The van der Waals surface area contributed by atoms with Crippen LogP contribution in [0.4, 0.5) is 18.9 Å². The molecule has 0 aliphatic rings. The quantitative estimate of drug-likeness (QED) is 0.858. The van der Waals surface area contributed by atoms with Crippen molar-refractivity contribution in [2.75, 3.05) is 11.9 Å². The van der Waals surface area contributed by atoms with Crippen LogP contribution in [0.15, 0.2) is 26.1 Å². The highest BCUT2D eigenvalue weighted by Crippen LogP contribution is 2.37. The van der Waals surface area contributed by atoms with Crippen LogP contribution in [0.1, 0.15) is 24.5 Å². The van der Waals surface area contributed by atoms with Crippen LogP contribution in [0.3, 0.4) is 0 Å². The number of anilines is 1. The zero-order valence-corrected chi connectivity index (χ0v) is 11.2. The molecule has 0 radical (unpaired) electrons. The second-order valence-corrected chi connectivity index (χ2v) is 4.36. The van der Waals surface area contributed by atoms with E-state index in [-0.39, 0.29) is 12.4 Å². The van der Waals surface area contributed by atoms with Crippen molar-refractivity contribution >= 4 is 5.69 Å². The van der Waals surface area contributed by atoms with Crippen molar-refractivity contribution < 1.29 is 22.3 Å². The molecule has 8 heteroatoms. The zero-order chi connectivity index (χ0) is 15.8. The van der Waals surface area contributed by atoms with Crippen molar-refractivity contribution in [2.45, 2.75) is 26.1 Å². The van der Waals surface area contributed by atoms with E-state index in [2.05, 4.69) is 0 Å². The SMILES string of the molecule is CCOc1c(N[C@@H](c2ccc(C)o2)C(F)(F)F)c(=O)c1=O. The van der Waals surface area contributed by atoms with Gasteiger partial charge in [0.05, 0.1) is 6.61 Å². The number of nitrogens with one attached hydrogen (secondary N) is 1. The Balaban J connectivity index is 2.35. The van der Waals surface area contributed by atoms with E-state index in [4.69, 9.17) is 9.15 Å². The Morgan fingerprint density at radius 1 is 1.29 bits per heavy atom. The van der Waals surface area contributed by atoms with Crippen molar-refractivity contribution in [3.05, 3.63) is 44.1 Å². The number of alkyl halides is 3. The summed E-state index contributed by atoms with van der Waals surface area (Å²) in [5, 5.41) is 2.00. The normalized spacial score (nSPS) is 13.4. The fourth-order valence-corrected chi connectivity index (χ4v) is 1.85. The van der Waals surface area contributed by atoms with Crippen LogP contribution in [-0.4, -0.2) is 12.8 Å². The smallest absolute Gasteiger partial charge is 0.415 e. The van der Waals surface area contributed by atoms with Gasteiger partial charge in [-0.05, 0) is 26.0 Å². The Bertz CT molecular complexity index is 710. The van der Waals surface area contributed by atoms with E-state index in [1.807, 2.05) is 5.32 Å². The van der Waals surface area contributed by atoms with Gasteiger partial charge in [-0.15, -0.1) is 0 Å². The summed E-state index contributed by atoms with van der Waals surface area (Å²) in [5.41, 5.74) is -2.44. The molecule has 1 aromatic carbocycles. The average Bonchev–Trinajstić information content (AvgIpc) is 2.82. The van der Waals surface area contributed by atoms with E-state index in [0.29, 0.717) is 5.76 Å². The minimum absolute atomic E-state index is 0.0656.